The molecule has 0 saturated carbocycles. The third-order valence-corrected chi connectivity index (χ3v) is 2.38. The van der Waals surface area contributed by atoms with Gasteiger partial charge in [-0.3, -0.25) is 9.78 Å². The van der Waals surface area contributed by atoms with E-state index in [1.807, 2.05) is 0 Å². The van der Waals surface area contributed by atoms with Gasteiger partial charge in [-0.05, 0) is 0 Å². The Morgan fingerprint density at radius 1 is 1.67 bits per heavy atom. The number of rotatable bonds is 4. The molecule has 0 saturated heterocycles. The number of carboxylic acids is 1. The van der Waals surface area contributed by atoms with Crippen LogP contribution in [0.2, 0.25) is 0 Å². The Morgan fingerprint density at radius 3 is 2.93 bits per heavy atom. The number of hydrogen-bond acceptors (Lipinski definition) is 4. The monoisotopic (exact) mass is 229 g/mol. The van der Waals surface area contributed by atoms with E-state index in [4.69, 9.17) is 5.11 Å². The summed E-state index contributed by atoms with van der Waals surface area (Å²) >= 11 is 1.44. The van der Waals surface area contributed by atoms with Crippen molar-refractivity contribution in [3.8, 4) is 0 Å². The first-order chi connectivity index (χ1) is 7.09. The quantitative estimate of drug-likeness (QED) is 0.781. The van der Waals surface area contributed by atoms with Crippen LogP contribution in [-0.2, 0) is 11.3 Å². The van der Waals surface area contributed by atoms with E-state index >= 15 is 0 Å². The lowest BCUT2D eigenvalue weighted by atomic mass is 10.5. The smallest absolute Gasteiger partial charge is 0.323 e. The molecule has 7 heteroatoms. The van der Waals surface area contributed by atoms with Crippen LogP contribution in [0.4, 0.5) is 4.79 Å². The molecule has 1 aromatic rings. The van der Waals surface area contributed by atoms with Crippen LogP contribution in [-0.4, -0.2) is 40.6 Å². The summed E-state index contributed by atoms with van der Waals surface area (Å²) in [6.07, 6.45) is 1.67. The van der Waals surface area contributed by atoms with Crippen LogP contribution >= 0.6 is 11.3 Å². The highest BCUT2D eigenvalue weighted by molar-refractivity contribution is 7.09. The third-order valence-electron chi connectivity index (χ3n) is 1.61. The van der Waals surface area contributed by atoms with Crippen molar-refractivity contribution in [2.45, 2.75) is 6.54 Å². The van der Waals surface area contributed by atoms with Gasteiger partial charge >= 0.3 is 12.0 Å². The number of thiazole rings is 1. The van der Waals surface area contributed by atoms with Crippen molar-refractivity contribution in [3.05, 3.63) is 16.6 Å². The number of aliphatic carboxylic acids is 1. The summed E-state index contributed by atoms with van der Waals surface area (Å²) in [5, 5.41) is 10.6. The van der Waals surface area contributed by atoms with Gasteiger partial charge in [0.1, 0.15) is 6.54 Å². The van der Waals surface area contributed by atoms with Gasteiger partial charge < -0.3 is 15.3 Å². The van der Waals surface area contributed by atoms with Gasteiger partial charge in [0.05, 0.1) is 12.1 Å². The predicted octanol–water partition coefficient (Wildman–Crippen LogP) is 0.369. The molecule has 2 N–H and O–H groups in total. The van der Waals surface area contributed by atoms with Gasteiger partial charge in [-0.25, -0.2) is 4.79 Å². The fourth-order valence-corrected chi connectivity index (χ4v) is 1.56. The minimum atomic E-state index is -1.06. The maximum absolute atomic E-state index is 11.3. The fourth-order valence-electron chi connectivity index (χ4n) is 0.912. The van der Waals surface area contributed by atoms with Gasteiger partial charge in [-0.1, -0.05) is 0 Å². The van der Waals surface area contributed by atoms with Gasteiger partial charge in [-0.15, -0.1) is 11.3 Å². The molecule has 0 aromatic carbocycles. The summed E-state index contributed by atoms with van der Waals surface area (Å²) in [4.78, 5) is 27.7. The minimum absolute atomic E-state index is 0.369. The van der Waals surface area contributed by atoms with E-state index in [0.717, 1.165) is 4.88 Å². The first kappa shape index (κ1) is 11.4. The number of amides is 2. The summed E-state index contributed by atoms with van der Waals surface area (Å²) in [6.45, 7) is 0.0575. The number of carbonyl (C=O) groups excluding carboxylic acids is 1. The zero-order valence-electron chi connectivity index (χ0n) is 8.14. The van der Waals surface area contributed by atoms with Crippen molar-refractivity contribution >= 4 is 23.3 Å². The second kappa shape index (κ2) is 5.30. The molecule has 0 aliphatic carbocycles. The second-order valence-corrected chi connectivity index (χ2v) is 3.85. The summed E-state index contributed by atoms with van der Waals surface area (Å²) in [5.74, 6) is -1.06. The topological polar surface area (TPSA) is 82.5 Å². The average Bonchev–Trinajstić information content (AvgIpc) is 2.66. The molecule has 0 unspecified atom stereocenters. The van der Waals surface area contributed by atoms with E-state index in [9.17, 15) is 9.59 Å². The zero-order chi connectivity index (χ0) is 11.3. The number of aromatic nitrogens is 1. The SMILES string of the molecule is CN(Cc1cncs1)C(=O)NCC(=O)O. The number of carbonyl (C=O) groups is 2. The van der Waals surface area contributed by atoms with Crippen molar-refractivity contribution in [2.24, 2.45) is 0 Å². The van der Waals surface area contributed by atoms with Crippen LogP contribution in [0.25, 0.3) is 0 Å². The van der Waals surface area contributed by atoms with E-state index in [1.165, 1.54) is 16.2 Å². The summed E-state index contributed by atoms with van der Waals surface area (Å²) in [7, 11) is 1.59. The highest BCUT2D eigenvalue weighted by Gasteiger charge is 2.10. The molecular weight excluding hydrogens is 218 g/mol. The highest BCUT2D eigenvalue weighted by Crippen LogP contribution is 2.07. The Kier molecular flexibility index (Phi) is 4.04. The second-order valence-electron chi connectivity index (χ2n) is 2.88. The Hall–Kier alpha value is -1.63. The van der Waals surface area contributed by atoms with Gasteiger partial charge in [0.2, 0.25) is 0 Å². The van der Waals surface area contributed by atoms with E-state index in [1.54, 1.807) is 18.8 Å². The Balaban J connectivity index is 2.36. The molecule has 0 fully saturated rings. The largest absolute Gasteiger partial charge is 0.480 e. The van der Waals surface area contributed by atoms with Crippen molar-refractivity contribution in [3.63, 3.8) is 0 Å². The van der Waals surface area contributed by atoms with Crippen molar-refractivity contribution in [2.75, 3.05) is 13.6 Å². The van der Waals surface area contributed by atoms with E-state index in [2.05, 4.69) is 10.3 Å². The van der Waals surface area contributed by atoms with Gasteiger partial charge in [0.15, 0.2) is 0 Å². The molecule has 0 aliphatic rings. The normalized spacial score (nSPS) is 9.67. The molecule has 0 atom stereocenters. The van der Waals surface area contributed by atoms with Crippen LogP contribution in [0.15, 0.2) is 11.7 Å². The maximum atomic E-state index is 11.3. The summed E-state index contributed by atoms with van der Waals surface area (Å²) in [5.41, 5.74) is 1.68. The molecule has 82 valence electrons. The lowest BCUT2D eigenvalue weighted by molar-refractivity contribution is -0.135. The first-order valence-electron chi connectivity index (χ1n) is 4.17. The van der Waals surface area contributed by atoms with Crippen molar-refractivity contribution in [1.82, 2.24) is 15.2 Å². The molecule has 0 bridgehead atoms. The summed E-state index contributed by atoms with van der Waals surface area (Å²) < 4.78 is 0. The van der Waals surface area contributed by atoms with Gasteiger partial charge in [0, 0.05) is 18.1 Å². The third kappa shape index (κ3) is 3.94. The first-order valence-corrected chi connectivity index (χ1v) is 5.05. The molecule has 1 aromatic heterocycles. The fraction of sp³-hybridized carbons (Fsp3) is 0.375. The highest BCUT2D eigenvalue weighted by atomic mass is 32.1. The van der Waals surface area contributed by atoms with Crippen LogP contribution in [0, 0.1) is 0 Å². The molecule has 15 heavy (non-hydrogen) atoms. The van der Waals surface area contributed by atoms with Gasteiger partial charge in [0.25, 0.3) is 0 Å². The Bertz CT molecular complexity index is 339. The van der Waals surface area contributed by atoms with Crippen molar-refractivity contribution in [1.29, 1.82) is 0 Å². The molecule has 6 nitrogen and oxygen atoms in total. The van der Waals surface area contributed by atoms with E-state index in [-0.39, 0.29) is 6.54 Å². The number of nitrogens with zero attached hydrogens (tertiary/aromatic N) is 2. The average molecular weight is 229 g/mol. The minimum Gasteiger partial charge on any atom is -0.480 e. The lowest BCUT2D eigenvalue weighted by Gasteiger charge is -2.15. The van der Waals surface area contributed by atoms with Gasteiger partial charge in [-0.2, -0.15) is 0 Å². The lowest BCUT2D eigenvalue weighted by Crippen LogP contribution is -2.39. The van der Waals surface area contributed by atoms with Crippen LogP contribution in [0.3, 0.4) is 0 Å². The number of carboxylic acid groups (broad SMARTS) is 1. The van der Waals surface area contributed by atoms with E-state index in [0.29, 0.717) is 6.54 Å². The van der Waals surface area contributed by atoms with E-state index < -0.39 is 12.0 Å². The molecule has 0 aliphatic heterocycles. The number of urea groups is 1. The van der Waals surface area contributed by atoms with Crippen molar-refractivity contribution < 1.29 is 14.7 Å². The zero-order valence-corrected chi connectivity index (χ0v) is 8.95. The predicted molar refractivity (Wildman–Crippen MR) is 54.6 cm³/mol. The molecule has 1 heterocycles. The summed E-state index contributed by atoms with van der Waals surface area (Å²) in [6, 6.07) is -0.411. The van der Waals surface area contributed by atoms with Crippen LogP contribution < -0.4 is 5.32 Å². The molecular formula is C8H11N3O3S. The standard InChI is InChI=1S/C8H11N3O3S/c1-11(4-6-2-9-5-15-6)8(14)10-3-7(12)13/h2,5H,3-4H2,1H3,(H,10,14)(H,12,13). The Labute approximate surface area is 90.5 Å². The molecule has 0 spiro atoms. The molecule has 1 rings (SSSR count). The Morgan fingerprint density at radius 2 is 2.40 bits per heavy atom. The number of hydrogen-bond donors (Lipinski definition) is 2. The maximum Gasteiger partial charge on any atom is 0.323 e. The number of nitrogens with one attached hydrogen (secondary N) is 1. The van der Waals surface area contributed by atoms with Crippen LogP contribution in [0.5, 0.6) is 0 Å². The molecule has 2 amide bonds. The molecule has 0 radical (unpaired) electrons. The van der Waals surface area contributed by atoms with Crippen LogP contribution in [0.1, 0.15) is 4.88 Å².